The number of amides is 1. The second kappa shape index (κ2) is 13.2. The Morgan fingerprint density at radius 3 is 2.66 bits per heavy atom. The Morgan fingerprint density at radius 1 is 1.23 bits per heavy atom. The predicted molar refractivity (Wildman–Crippen MR) is 149 cm³/mol. The average molecular weight is 490 g/mol. The Hall–Kier alpha value is -3.74. The Labute approximate surface area is 211 Å². The number of carbonyl (C=O) groups excluding carboxylic acids is 1. The summed E-state index contributed by atoms with van der Waals surface area (Å²) < 4.78 is 0. The first-order valence-electron chi connectivity index (χ1n) is 10.9. The number of hydrogen-bond donors (Lipinski definition) is 3. The first kappa shape index (κ1) is 27.5. The van der Waals surface area contributed by atoms with Crippen LogP contribution in [0.3, 0.4) is 0 Å². The van der Waals surface area contributed by atoms with Gasteiger partial charge in [-0.25, -0.2) is 0 Å². The van der Waals surface area contributed by atoms with Crippen molar-refractivity contribution in [2.75, 3.05) is 30.2 Å². The molecule has 9 heteroatoms. The van der Waals surface area contributed by atoms with E-state index in [1.165, 1.54) is 18.0 Å². The van der Waals surface area contributed by atoms with Crippen molar-refractivity contribution in [1.29, 1.82) is 5.26 Å². The van der Waals surface area contributed by atoms with Gasteiger partial charge in [-0.2, -0.15) is 5.26 Å². The lowest BCUT2D eigenvalue weighted by Crippen LogP contribution is -2.17. The third-order valence-electron chi connectivity index (χ3n) is 5.07. The Bertz CT molecular complexity index is 1180. The molecule has 1 amide bonds. The number of hydrogen-bond acceptors (Lipinski definition) is 8. The standard InChI is InChI=1S/C26H31N7OS/c1-18-10-11-21(33-24(34)19-8-7-9-20(12-19)26(2,3)15-27)13-22(18)31-16-32-25(35-17-29-5)23(30-6)14-28-4/h7-14,29,31H,4,6,16-17H2,1-3,5H3,(H,33,34)/b23-14+,32-25+. The maximum atomic E-state index is 12.9. The Morgan fingerprint density at radius 2 is 2.00 bits per heavy atom. The summed E-state index contributed by atoms with van der Waals surface area (Å²) in [4.78, 5) is 25.2. The largest absolute Gasteiger partial charge is 0.366 e. The molecular weight excluding hydrogens is 458 g/mol. The lowest BCUT2D eigenvalue weighted by atomic mass is 9.85. The number of aliphatic imine (C=N–C) groups is 3. The fourth-order valence-electron chi connectivity index (χ4n) is 2.99. The zero-order chi connectivity index (χ0) is 25.8. The highest BCUT2D eigenvalue weighted by atomic mass is 32.2. The smallest absolute Gasteiger partial charge is 0.255 e. The van der Waals surface area contributed by atoms with Gasteiger partial charge in [0.1, 0.15) is 17.4 Å². The summed E-state index contributed by atoms with van der Waals surface area (Å²) >= 11 is 1.48. The number of carbonyl (C=O) groups is 1. The van der Waals surface area contributed by atoms with Crippen LogP contribution in [0.4, 0.5) is 11.4 Å². The van der Waals surface area contributed by atoms with Gasteiger partial charge in [0.05, 0.1) is 17.7 Å². The van der Waals surface area contributed by atoms with Gasteiger partial charge in [0.15, 0.2) is 0 Å². The van der Waals surface area contributed by atoms with Crippen molar-refractivity contribution in [2.24, 2.45) is 15.0 Å². The van der Waals surface area contributed by atoms with Crippen LogP contribution >= 0.6 is 11.8 Å². The van der Waals surface area contributed by atoms with E-state index in [0.29, 0.717) is 34.5 Å². The van der Waals surface area contributed by atoms with E-state index in [9.17, 15) is 10.1 Å². The lowest BCUT2D eigenvalue weighted by Gasteiger charge is -2.17. The molecule has 8 nitrogen and oxygen atoms in total. The van der Waals surface area contributed by atoms with Gasteiger partial charge < -0.3 is 16.0 Å². The fraction of sp³-hybridized carbons (Fsp3) is 0.269. The minimum Gasteiger partial charge on any atom is -0.366 e. The maximum absolute atomic E-state index is 12.9. The molecule has 0 saturated carbocycles. The first-order chi connectivity index (χ1) is 16.7. The van der Waals surface area contributed by atoms with Gasteiger partial charge in [0, 0.05) is 22.8 Å². The molecular formula is C26H31N7OS. The molecule has 182 valence electrons. The maximum Gasteiger partial charge on any atom is 0.255 e. The SMILES string of the molecule is C=N/C=C(N=C)\C(=N/CNc1cc(NC(=O)c2cccc(C(C)(C)C#N)c2)ccc1C)SCNC. The predicted octanol–water partition coefficient (Wildman–Crippen LogP) is 4.97. The third kappa shape index (κ3) is 7.91. The second-order valence-corrected chi connectivity index (χ2v) is 9.06. The van der Waals surface area contributed by atoms with Crippen LogP contribution in [0.2, 0.25) is 0 Å². The molecule has 0 aromatic heterocycles. The van der Waals surface area contributed by atoms with Gasteiger partial charge in [0.25, 0.3) is 5.91 Å². The molecule has 35 heavy (non-hydrogen) atoms. The van der Waals surface area contributed by atoms with E-state index in [4.69, 9.17) is 0 Å². The highest BCUT2D eigenvalue weighted by molar-refractivity contribution is 8.14. The quantitative estimate of drug-likeness (QED) is 0.234. The van der Waals surface area contributed by atoms with Crippen molar-refractivity contribution in [3.63, 3.8) is 0 Å². The minimum absolute atomic E-state index is 0.247. The Kier molecular flexibility index (Phi) is 10.4. The summed E-state index contributed by atoms with van der Waals surface area (Å²) in [7, 11) is 1.85. The number of aryl methyl sites for hydroxylation is 1. The van der Waals surface area contributed by atoms with Crippen LogP contribution in [-0.2, 0) is 5.41 Å². The van der Waals surface area contributed by atoms with Crippen LogP contribution in [0, 0.1) is 18.3 Å². The van der Waals surface area contributed by atoms with Gasteiger partial charge in [-0.1, -0.05) is 30.0 Å². The Balaban J connectivity index is 2.18. The highest BCUT2D eigenvalue weighted by Gasteiger charge is 2.21. The van der Waals surface area contributed by atoms with Crippen molar-refractivity contribution in [2.45, 2.75) is 26.2 Å². The molecule has 0 spiro atoms. The molecule has 0 atom stereocenters. The van der Waals surface area contributed by atoms with E-state index in [0.717, 1.165) is 16.8 Å². The van der Waals surface area contributed by atoms with E-state index < -0.39 is 5.41 Å². The molecule has 0 aliphatic rings. The number of nitriles is 1. The molecule has 0 unspecified atom stereocenters. The van der Waals surface area contributed by atoms with Crippen molar-refractivity contribution in [3.8, 4) is 6.07 Å². The molecule has 0 aliphatic carbocycles. The van der Waals surface area contributed by atoms with Crippen LogP contribution in [0.1, 0.15) is 35.3 Å². The molecule has 2 rings (SSSR count). The summed E-state index contributed by atoms with van der Waals surface area (Å²) in [5.74, 6) is 0.402. The number of nitrogens with one attached hydrogen (secondary N) is 3. The zero-order valence-electron chi connectivity index (χ0n) is 20.6. The molecule has 0 radical (unpaired) electrons. The molecule has 3 N–H and O–H groups in total. The van der Waals surface area contributed by atoms with Crippen LogP contribution in [-0.4, -0.2) is 44.0 Å². The minimum atomic E-state index is -0.681. The molecule has 2 aromatic rings. The van der Waals surface area contributed by atoms with Crippen LogP contribution in [0.5, 0.6) is 0 Å². The van der Waals surface area contributed by atoms with Gasteiger partial charge in [0.2, 0.25) is 0 Å². The normalized spacial score (nSPS) is 12.0. The van der Waals surface area contributed by atoms with Crippen molar-refractivity contribution in [3.05, 3.63) is 71.1 Å². The van der Waals surface area contributed by atoms with Gasteiger partial charge in [-0.05, 0) is 76.6 Å². The van der Waals surface area contributed by atoms with Gasteiger partial charge in [-0.15, -0.1) is 0 Å². The van der Waals surface area contributed by atoms with E-state index in [1.807, 2.05) is 52.1 Å². The molecule has 0 fully saturated rings. The fourth-order valence-corrected chi connectivity index (χ4v) is 3.70. The summed E-state index contributed by atoms with van der Waals surface area (Å²) in [6.45, 7) is 13.0. The first-order valence-corrected chi connectivity index (χ1v) is 11.9. The summed E-state index contributed by atoms with van der Waals surface area (Å²) in [6.07, 6.45) is 1.52. The molecule has 2 aromatic carbocycles. The van der Waals surface area contributed by atoms with Crippen LogP contribution in [0.25, 0.3) is 0 Å². The second-order valence-electron chi connectivity index (χ2n) is 8.10. The van der Waals surface area contributed by atoms with E-state index >= 15 is 0 Å². The molecule has 0 heterocycles. The van der Waals surface area contributed by atoms with E-state index in [-0.39, 0.29) is 5.91 Å². The number of benzene rings is 2. The number of nitrogens with zero attached hydrogens (tertiary/aromatic N) is 4. The van der Waals surface area contributed by atoms with Crippen molar-refractivity contribution in [1.82, 2.24) is 5.32 Å². The topological polar surface area (TPSA) is 114 Å². The number of rotatable bonds is 11. The highest BCUT2D eigenvalue weighted by Crippen LogP contribution is 2.24. The summed E-state index contributed by atoms with van der Waals surface area (Å²) in [6, 6.07) is 15.0. The van der Waals surface area contributed by atoms with Crippen LogP contribution < -0.4 is 16.0 Å². The van der Waals surface area contributed by atoms with E-state index in [2.05, 4.69) is 50.4 Å². The third-order valence-corrected chi connectivity index (χ3v) is 6.11. The van der Waals surface area contributed by atoms with Gasteiger partial charge >= 0.3 is 0 Å². The van der Waals surface area contributed by atoms with Gasteiger partial charge in [-0.3, -0.25) is 19.8 Å². The number of anilines is 2. The van der Waals surface area contributed by atoms with Crippen LogP contribution in [0.15, 0.2) is 69.3 Å². The van der Waals surface area contributed by atoms with E-state index in [1.54, 1.807) is 18.2 Å². The zero-order valence-corrected chi connectivity index (χ0v) is 21.4. The average Bonchev–Trinajstić information content (AvgIpc) is 2.86. The molecule has 0 saturated heterocycles. The molecule has 0 bridgehead atoms. The summed E-state index contributed by atoms with van der Waals surface area (Å²) in [5, 5.41) is 19.4. The monoisotopic (exact) mass is 489 g/mol. The lowest BCUT2D eigenvalue weighted by molar-refractivity contribution is 0.102. The van der Waals surface area contributed by atoms with Crippen molar-refractivity contribution < 1.29 is 4.79 Å². The number of thioether (sulfide) groups is 1. The van der Waals surface area contributed by atoms with Crippen molar-refractivity contribution >= 4 is 47.5 Å². The molecule has 0 aliphatic heterocycles. The summed E-state index contributed by atoms with van der Waals surface area (Å²) in [5.41, 5.74) is 3.63.